The van der Waals surface area contributed by atoms with E-state index in [-0.39, 0.29) is 30.7 Å². The minimum absolute atomic E-state index is 0. The van der Waals surface area contributed by atoms with Gasteiger partial charge in [0.15, 0.2) is 0 Å². The van der Waals surface area contributed by atoms with Gasteiger partial charge in [0.2, 0.25) is 5.91 Å². The Balaban J connectivity index is 0.00000288. The zero-order valence-electron chi connectivity index (χ0n) is 14.4. The lowest BCUT2D eigenvalue weighted by atomic mass is 10.1. The van der Waals surface area contributed by atoms with Gasteiger partial charge in [-0.3, -0.25) is 4.79 Å². The van der Waals surface area contributed by atoms with Crippen LogP contribution in [0.4, 0.5) is 5.69 Å². The average Bonchev–Trinajstić information content (AvgIpc) is 2.60. The third-order valence-corrected chi connectivity index (χ3v) is 3.80. The number of carbonyl (C=O) groups is 1. The lowest BCUT2D eigenvalue weighted by Gasteiger charge is -2.19. The van der Waals surface area contributed by atoms with Crippen LogP contribution in [0.25, 0.3) is 0 Å². The van der Waals surface area contributed by atoms with Crippen LogP contribution in [0.2, 0.25) is 0 Å². The zero-order valence-corrected chi connectivity index (χ0v) is 16.1. The number of para-hydroxylation sites is 1. The van der Waals surface area contributed by atoms with Crippen molar-refractivity contribution in [3.05, 3.63) is 66.2 Å². The number of hydrogen-bond donors (Lipinski definition) is 2. The molecule has 0 saturated heterocycles. The number of halogens is 2. The van der Waals surface area contributed by atoms with Gasteiger partial charge in [-0.05, 0) is 30.5 Å². The van der Waals surface area contributed by atoms with Crippen molar-refractivity contribution in [2.75, 3.05) is 25.0 Å². The van der Waals surface area contributed by atoms with Crippen molar-refractivity contribution in [1.29, 1.82) is 0 Å². The molecule has 0 aliphatic rings. The summed E-state index contributed by atoms with van der Waals surface area (Å²) >= 11 is 0. The van der Waals surface area contributed by atoms with E-state index >= 15 is 0 Å². The number of amides is 1. The molecule has 0 aliphatic heterocycles. The zero-order chi connectivity index (χ0) is 16.5. The van der Waals surface area contributed by atoms with Crippen LogP contribution >= 0.6 is 24.8 Å². The van der Waals surface area contributed by atoms with E-state index in [1.165, 1.54) is 5.69 Å². The number of nitrogens with two attached hydrogens (primary N) is 1. The van der Waals surface area contributed by atoms with Crippen LogP contribution in [0.15, 0.2) is 60.7 Å². The number of hydrogen-bond acceptors (Lipinski definition) is 3. The summed E-state index contributed by atoms with van der Waals surface area (Å²) in [5, 5.41) is 2.92. The monoisotopic (exact) mass is 383 g/mol. The van der Waals surface area contributed by atoms with E-state index in [1.807, 2.05) is 48.5 Å². The van der Waals surface area contributed by atoms with E-state index in [2.05, 4.69) is 29.4 Å². The number of benzene rings is 2. The maximum Gasteiger partial charge on any atom is 0.237 e. The van der Waals surface area contributed by atoms with E-state index < -0.39 is 6.04 Å². The van der Waals surface area contributed by atoms with Gasteiger partial charge in [-0.25, -0.2) is 0 Å². The van der Waals surface area contributed by atoms with Crippen LogP contribution < -0.4 is 16.0 Å². The fraction of sp³-hybridized carbons (Fsp3) is 0.316. The molecule has 0 radical (unpaired) electrons. The Morgan fingerprint density at radius 1 is 1.04 bits per heavy atom. The third kappa shape index (κ3) is 8.25. The molecule has 0 bridgehead atoms. The molecular formula is C19H27Cl2N3O. The molecule has 4 nitrogen and oxygen atoms in total. The van der Waals surface area contributed by atoms with E-state index in [0.29, 0.717) is 13.0 Å². The van der Waals surface area contributed by atoms with Gasteiger partial charge in [0.1, 0.15) is 0 Å². The molecule has 0 aromatic heterocycles. The summed E-state index contributed by atoms with van der Waals surface area (Å²) in [6.45, 7) is 1.52. The minimum atomic E-state index is -0.496. The standard InChI is InChI=1S/C19H25N3O.2ClH/c1-22(17-11-6-3-7-12-17)14-8-13-21-19(23)18(20)15-16-9-4-2-5-10-16;;/h2-7,9-12,18H,8,13-15,20H2,1H3,(H,21,23);2*1H. The van der Waals surface area contributed by atoms with E-state index in [9.17, 15) is 4.79 Å². The Kier molecular flexibility index (Phi) is 11.7. The molecule has 0 aliphatic carbocycles. The summed E-state index contributed by atoms with van der Waals surface area (Å²) in [5.41, 5.74) is 8.22. The number of rotatable bonds is 8. The predicted octanol–water partition coefficient (Wildman–Crippen LogP) is 3.04. The summed E-state index contributed by atoms with van der Waals surface area (Å²) in [5.74, 6) is -0.0868. The second kappa shape index (κ2) is 12.6. The van der Waals surface area contributed by atoms with Crippen LogP contribution in [0.1, 0.15) is 12.0 Å². The molecule has 0 spiro atoms. The van der Waals surface area contributed by atoms with Gasteiger partial charge in [0, 0.05) is 25.8 Å². The van der Waals surface area contributed by atoms with Crippen molar-refractivity contribution in [2.24, 2.45) is 5.73 Å². The topological polar surface area (TPSA) is 58.4 Å². The van der Waals surface area contributed by atoms with E-state index in [0.717, 1.165) is 18.5 Å². The SMILES string of the molecule is CN(CCCNC(=O)C(N)Cc1ccccc1)c1ccccc1.Cl.Cl. The molecule has 2 rings (SSSR count). The van der Waals surface area contributed by atoms with E-state index in [1.54, 1.807) is 0 Å². The Bertz CT molecular complexity index is 596. The molecule has 1 atom stereocenters. The van der Waals surface area contributed by atoms with Gasteiger partial charge in [0.25, 0.3) is 0 Å². The van der Waals surface area contributed by atoms with Crippen LogP contribution in [-0.2, 0) is 11.2 Å². The molecule has 0 fully saturated rings. The van der Waals surface area contributed by atoms with E-state index in [4.69, 9.17) is 5.73 Å². The first-order valence-corrected chi connectivity index (χ1v) is 8.00. The van der Waals surface area contributed by atoms with Crippen LogP contribution in [0.3, 0.4) is 0 Å². The fourth-order valence-corrected chi connectivity index (χ4v) is 2.43. The highest BCUT2D eigenvalue weighted by molar-refractivity contribution is 5.85. The Hall–Kier alpha value is -1.75. The van der Waals surface area contributed by atoms with Gasteiger partial charge in [-0.15, -0.1) is 24.8 Å². The Morgan fingerprint density at radius 3 is 2.20 bits per heavy atom. The van der Waals surface area contributed by atoms with Crippen molar-refractivity contribution >= 4 is 36.4 Å². The van der Waals surface area contributed by atoms with Crippen molar-refractivity contribution in [3.8, 4) is 0 Å². The highest BCUT2D eigenvalue weighted by Gasteiger charge is 2.13. The number of carbonyl (C=O) groups excluding carboxylic acids is 1. The van der Waals surface area contributed by atoms with Crippen LogP contribution in [0, 0.1) is 0 Å². The Labute approximate surface area is 162 Å². The third-order valence-electron chi connectivity index (χ3n) is 3.80. The average molecular weight is 384 g/mol. The lowest BCUT2D eigenvalue weighted by Crippen LogP contribution is -2.42. The highest BCUT2D eigenvalue weighted by Crippen LogP contribution is 2.10. The normalized spacial score (nSPS) is 10.8. The summed E-state index contributed by atoms with van der Waals surface area (Å²) in [6.07, 6.45) is 1.45. The van der Waals surface area contributed by atoms with Crippen molar-refractivity contribution in [1.82, 2.24) is 5.32 Å². The molecule has 1 unspecified atom stereocenters. The summed E-state index contributed by atoms with van der Waals surface area (Å²) in [4.78, 5) is 14.2. The number of nitrogens with zero attached hydrogens (tertiary/aromatic N) is 1. The summed E-state index contributed by atoms with van der Waals surface area (Å²) in [6, 6.07) is 19.6. The van der Waals surface area contributed by atoms with Gasteiger partial charge in [-0.1, -0.05) is 48.5 Å². The number of anilines is 1. The maximum absolute atomic E-state index is 12.0. The largest absolute Gasteiger partial charge is 0.375 e. The molecule has 6 heteroatoms. The molecule has 25 heavy (non-hydrogen) atoms. The van der Waals surface area contributed by atoms with Gasteiger partial charge >= 0.3 is 0 Å². The molecule has 0 saturated carbocycles. The summed E-state index contributed by atoms with van der Waals surface area (Å²) in [7, 11) is 2.05. The maximum atomic E-state index is 12.0. The Morgan fingerprint density at radius 2 is 1.60 bits per heavy atom. The smallest absolute Gasteiger partial charge is 0.237 e. The molecule has 2 aromatic carbocycles. The van der Waals surface area contributed by atoms with Gasteiger partial charge < -0.3 is 16.0 Å². The molecule has 1 amide bonds. The number of nitrogens with one attached hydrogen (secondary N) is 1. The molecule has 3 N–H and O–H groups in total. The first-order valence-electron chi connectivity index (χ1n) is 8.00. The quantitative estimate of drug-likeness (QED) is 0.688. The minimum Gasteiger partial charge on any atom is -0.375 e. The predicted molar refractivity (Wildman–Crippen MR) is 110 cm³/mol. The fourth-order valence-electron chi connectivity index (χ4n) is 2.43. The first kappa shape index (κ1) is 23.2. The highest BCUT2D eigenvalue weighted by atomic mass is 35.5. The molecule has 138 valence electrons. The van der Waals surface area contributed by atoms with Crippen LogP contribution in [-0.4, -0.2) is 32.1 Å². The van der Waals surface area contributed by atoms with Crippen molar-refractivity contribution < 1.29 is 4.79 Å². The van der Waals surface area contributed by atoms with Crippen molar-refractivity contribution in [3.63, 3.8) is 0 Å². The molecule has 2 aromatic rings. The first-order chi connectivity index (χ1) is 11.2. The van der Waals surface area contributed by atoms with Gasteiger partial charge in [0.05, 0.1) is 6.04 Å². The molecule has 0 heterocycles. The lowest BCUT2D eigenvalue weighted by molar-refractivity contribution is -0.122. The molecular weight excluding hydrogens is 357 g/mol. The van der Waals surface area contributed by atoms with Gasteiger partial charge in [-0.2, -0.15) is 0 Å². The second-order valence-corrected chi connectivity index (χ2v) is 5.70. The second-order valence-electron chi connectivity index (χ2n) is 5.70. The van der Waals surface area contributed by atoms with Crippen LogP contribution in [0.5, 0.6) is 0 Å². The van der Waals surface area contributed by atoms with Crippen molar-refractivity contribution in [2.45, 2.75) is 18.9 Å². The summed E-state index contributed by atoms with van der Waals surface area (Å²) < 4.78 is 0.